The van der Waals surface area contributed by atoms with Crippen LogP contribution in [-0.2, 0) is 0 Å². The van der Waals surface area contributed by atoms with Crippen LogP contribution in [-0.4, -0.2) is 16.6 Å². The molecule has 1 aromatic carbocycles. The third-order valence-electron chi connectivity index (χ3n) is 3.24. The first-order valence-electron chi connectivity index (χ1n) is 7.81. The summed E-state index contributed by atoms with van der Waals surface area (Å²) in [6.45, 7) is 4.41. The summed E-state index contributed by atoms with van der Waals surface area (Å²) in [5, 5.41) is 3.19. The lowest BCUT2D eigenvalue weighted by atomic mass is 10.3. The standard InChI is InChI=1S/C19H19N3O2/c1-3-23-17-12-16(24-15-9-5-4-6-10-15)13-20-19(17)22-18-11-7-8-14(2)21-18/h4-13H,3H2,1-2H3,(H,20,21,22). The number of benzene rings is 1. The van der Waals surface area contributed by atoms with Gasteiger partial charge < -0.3 is 14.8 Å². The monoisotopic (exact) mass is 321 g/mol. The predicted molar refractivity (Wildman–Crippen MR) is 94.2 cm³/mol. The molecule has 0 fully saturated rings. The maximum Gasteiger partial charge on any atom is 0.174 e. The second kappa shape index (κ2) is 7.46. The average Bonchev–Trinajstić information content (AvgIpc) is 2.58. The number of para-hydroxylation sites is 1. The van der Waals surface area contributed by atoms with Crippen LogP contribution >= 0.6 is 0 Å². The van der Waals surface area contributed by atoms with Gasteiger partial charge in [0.25, 0.3) is 0 Å². The van der Waals surface area contributed by atoms with Crippen molar-refractivity contribution in [2.75, 3.05) is 11.9 Å². The number of hydrogen-bond acceptors (Lipinski definition) is 5. The molecule has 5 nitrogen and oxygen atoms in total. The Morgan fingerprint density at radius 3 is 2.58 bits per heavy atom. The number of nitrogens with zero attached hydrogens (tertiary/aromatic N) is 2. The third kappa shape index (κ3) is 4.01. The van der Waals surface area contributed by atoms with E-state index in [1.807, 2.05) is 68.4 Å². The van der Waals surface area contributed by atoms with E-state index in [2.05, 4.69) is 15.3 Å². The normalized spacial score (nSPS) is 10.2. The van der Waals surface area contributed by atoms with Gasteiger partial charge in [0.05, 0.1) is 12.8 Å². The molecule has 122 valence electrons. The van der Waals surface area contributed by atoms with Crippen molar-refractivity contribution in [2.24, 2.45) is 0 Å². The van der Waals surface area contributed by atoms with Gasteiger partial charge >= 0.3 is 0 Å². The minimum atomic E-state index is 0.534. The Labute approximate surface area is 141 Å². The van der Waals surface area contributed by atoms with Crippen molar-refractivity contribution in [3.8, 4) is 17.2 Å². The lowest BCUT2D eigenvalue weighted by Crippen LogP contribution is -2.02. The number of anilines is 2. The highest BCUT2D eigenvalue weighted by molar-refractivity contribution is 5.61. The average molecular weight is 321 g/mol. The van der Waals surface area contributed by atoms with Crippen LogP contribution in [0.2, 0.25) is 0 Å². The van der Waals surface area contributed by atoms with E-state index in [0.29, 0.717) is 23.9 Å². The molecule has 0 radical (unpaired) electrons. The minimum absolute atomic E-state index is 0.534. The Hall–Kier alpha value is -3.08. The molecule has 0 aliphatic rings. The van der Waals surface area contributed by atoms with Crippen molar-refractivity contribution in [2.45, 2.75) is 13.8 Å². The van der Waals surface area contributed by atoms with Gasteiger partial charge in [-0.05, 0) is 38.1 Å². The van der Waals surface area contributed by atoms with Gasteiger partial charge in [-0.15, -0.1) is 0 Å². The maximum atomic E-state index is 5.80. The molecule has 1 N–H and O–H groups in total. The molecule has 0 unspecified atom stereocenters. The smallest absolute Gasteiger partial charge is 0.174 e. The van der Waals surface area contributed by atoms with Crippen molar-refractivity contribution in [3.05, 3.63) is 66.5 Å². The second-order valence-electron chi connectivity index (χ2n) is 5.16. The molecule has 3 aromatic rings. The van der Waals surface area contributed by atoms with Crippen molar-refractivity contribution < 1.29 is 9.47 Å². The molecule has 2 heterocycles. The van der Waals surface area contributed by atoms with Crippen LogP contribution < -0.4 is 14.8 Å². The molecule has 2 aromatic heterocycles. The zero-order valence-corrected chi connectivity index (χ0v) is 13.7. The molecule has 0 bridgehead atoms. The number of pyridine rings is 2. The fraction of sp³-hybridized carbons (Fsp3) is 0.158. The first-order chi connectivity index (χ1) is 11.7. The highest BCUT2D eigenvalue weighted by atomic mass is 16.5. The molecular weight excluding hydrogens is 302 g/mol. The van der Waals surface area contributed by atoms with Crippen molar-refractivity contribution in [1.82, 2.24) is 9.97 Å². The number of nitrogens with one attached hydrogen (secondary N) is 1. The third-order valence-corrected chi connectivity index (χ3v) is 3.24. The van der Waals surface area contributed by atoms with Crippen molar-refractivity contribution >= 4 is 11.6 Å². The number of aromatic nitrogens is 2. The van der Waals surface area contributed by atoms with E-state index in [0.717, 1.165) is 17.3 Å². The largest absolute Gasteiger partial charge is 0.490 e. The highest BCUT2D eigenvalue weighted by Gasteiger charge is 2.09. The van der Waals surface area contributed by atoms with Crippen LogP contribution in [0.3, 0.4) is 0 Å². The Bertz CT molecular complexity index is 807. The van der Waals surface area contributed by atoms with Gasteiger partial charge in [0.2, 0.25) is 0 Å². The Morgan fingerprint density at radius 2 is 1.83 bits per heavy atom. The predicted octanol–water partition coefficient (Wildman–Crippen LogP) is 4.72. The van der Waals surface area contributed by atoms with Gasteiger partial charge in [0, 0.05) is 11.8 Å². The van der Waals surface area contributed by atoms with Crippen LogP contribution in [0.5, 0.6) is 17.2 Å². The van der Waals surface area contributed by atoms with Crippen molar-refractivity contribution in [3.63, 3.8) is 0 Å². The van der Waals surface area contributed by atoms with E-state index < -0.39 is 0 Å². The quantitative estimate of drug-likeness (QED) is 0.712. The van der Waals surface area contributed by atoms with E-state index >= 15 is 0 Å². The van der Waals surface area contributed by atoms with Gasteiger partial charge in [0.15, 0.2) is 11.6 Å². The Morgan fingerprint density at radius 1 is 1.00 bits per heavy atom. The van der Waals surface area contributed by atoms with Gasteiger partial charge in [-0.1, -0.05) is 24.3 Å². The number of hydrogen-bond donors (Lipinski definition) is 1. The highest BCUT2D eigenvalue weighted by Crippen LogP contribution is 2.31. The molecule has 0 saturated carbocycles. The first-order valence-corrected chi connectivity index (χ1v) is 7.81. The second-order valence-corrected chi connectivity index (χ2v) is 5.16. The number of aryl methyl sites for hydroxylation is 1. The summed E-state index contributed by atoms with van der Waals surface area (Å²) in [4.78, 5) is 8.84. The van der Waals surface area contributed by atoms with Crippen LogP contribution in [0.4, 0.5) is 11.6 Å². The fourth-order valence-corrected chi connectivity index (χ4v) is 2.20. The molecule has 0 amide bonds. The minimum Gasteiger partial charge on any atom is -0.490 e. The van der Waals surface area contributed by atoms with E-state index in [9.17, 15) is 0 Å². The van der Waals surface area contributed by atoms with Crippen LogP contribution in [0, 0.1) is 6.92 Å². The molecule has 0 aliphatic carbocycles. The van der Waals surface area contributed by atoms with E-state index in [1.54, 1.807) is 6.20 Å². The molecule has 5 heteroatoms. The summed E-state index contributed by atoms with van der Waals surface area (Å²) in [7, 11) is 0. The zero-order chi connectivity index (χ0) is 16.8. The van der Waals surface area contributed by atoms with E-state index in [-0.39, 0.29) is 0 Å². The molecule has 3 rings (SSSR count). The zero-order valence-electron chi connectivity index (χ0n) is 13.7. The lowest BCUT2D eigenvalue weighted by molar-refractivity contribution is 0.338. The summed E-state index contributed by atoms with van der Waals surface area (Å²) in [6.07, 6.45) is 1.66. The molecule has 0 spiro atoms. The van der Waals surface area contributed by atoms with Gasteiger partial charge in [-0.3, -0.25) is 0 Å². The maximum absolute atomic E-state index is 5.80. The molecule has 24 heavy (non-hydrogen) atoms. The van der Waals surface area contributed by atoms with Crippen LogP contribution in [0.15, 0.2) is 60.8 Å². The first kappa shape index (κ1) is 15.8. The number of ether oxygens (including phenoxy) is 2. The Balaban J connectivity index is 1.84. The topological polar surface area (TPSA) is 56.3 Å². The van der Waals surface area contributed by atoms with Crippen LogP contribution in [0.1, 0.15) is 12.6 Å². The van der Waals surface area contributed by atoms with E-state index in [1.165, 1.54) is 0 Å². The number of rotatable bonds is 6. The molecule has 0 saturated heterocycles. The summed E-state index contributed by atoms with van der Waals surface area (Å²) in [6, 6.07) is 17.2. The Kier molecular flexibility index (Phi) is 4.91. The molecule has 0 aliphatic heterocycles. The lowest BCUT2D eigenvalue weighted by Gasteiger charge is -2.13. The van der Waals surface area contributed by atoms with Gasteiger partial charge in [0.1, 0.15) is 17.3 Å². The molecule has 0 atom stereocenters. The summed E-state index contributed by atoms with van der Waals surface area (Å²) in [5.41, 5.74) is 0.932. The fourth-order valence-electron chi connectivity index (χ4n) is 2.20. The summed E-state index contributed by atoms with van der Waals surface area (Å²) >= 11 is 0. The van der Waals surface area contributed by atoms with Gasteiger partial charge in [-0.25, -0.2) is 9.97 Å². The molecular formula is C19H19N3O2. The summed E-state index contributed by atoms with van der Waals surface area (Å²) in [5.74, 6) is 3.32. The van der Waals surface area contributed by atoms with E-state index in [4.69, 9.17) is 9.47 Å². The summed E-state index contributed by atoms with van der Waals surface area (Å²) < 4.78 is 11.5. The van der Waals surface area contributed by atoms with Crippen molar-refractivity contribution in [1.29, 1.82) is 0 Å². The van der Waals surface area contributed by atoms with Gasteiger partial charge in [-0.2, -0.15) is 0 Å². The SMILES string of the molecule is CCOc1cc(Oc2ccccc2)cnc1Nc1cccc(C)n1. The van der Waals surface area contributed by atoms with Crippen LogP contribution in [0.25, 0.3) is 0 Å².